The smallest absolute Gasteiger partial charge is 0.132 e. The Balaban J connectivity index is 2.12. The Morgan fingerprint density at radius 1 is 0.789 bits per heavy atom. The second kappa shape index (κ2) is 6.19. The first-order valence-corrected chi connectivity index (χ1v) is 8.15. The minimum absolute atomic E-state index is 0.390. The first-order valence-electron chi connectivity index (χ1n) is 8.15. The highest BCUT2D eigenvalue weighted by molar-refractivity contribution is 5.79. The van der Waals surface area contributed by atoms with Crippen LogP contribution in [0.1, 0.15) is 78.1 Å². The predicted molar refractivity (Wildman–Crippen MR) is 76.9 cm³/mol. The minimum atomic E-state index is 0.390. The van der Waals surface area contributed by atoms with Crippen molar-refractivity contribution >= 4 is 11.6 Å². The van der Waals surface area contributed by atoms with Crippen molar-refractivity contribution in [1.82, 2.24) is 0 Å². The van der Waals surface area contributed by atoms with Gasteiger partial charge in [0.25, 0.3) is 0 Å². The van der Waals surface area contributed by atoms with Crippen molar-refractivity contribution in [2.24, 2.45) is 17.3 Å². The molecule has 108 valence electrons. The molecule has 0 bridgehead atoms. The molecule has 0 atom stereocenters. The van der Waals surface area contributed by atoms with Crippen molar-refractivity contribution in [3.63, 3.8) is 0 Å². The molecule has 0 aromatic carbocycles. The first kappa shape index (κ1) is 14.7. The van der Waals surface area contributed by atoms with Gasteiger partial charge in [0.15, 0.2) is 0 Å². The second-order valence-corrected chi connectivity index (χ2v) is 6.57. The van der Waals surface area contributed by atoms with Gasteiger partial charge in [-0.15, -0.1) is 0 Å². The summed E-state index contributed by atoms with van der Waals surface area (Å²) in [6.07, 6.45) is 9.93. The summed E-state index contributed by atoms with van der Waals surface area (Å²) in [7, 11) is 0. The summed E-state index contributed by atoms with van der Waals surface area (Å²) in [4.78, 5) is 23.0. The van der Waals surface area contributed by atoms with E-state index in [2.05, 4.69) is 13.8 Å². The van der Waals surface area contributed by atoms with E-state index in [0.29, 0.717) is 28.8 Å². The molecule has 2 heteroatoms. The first-order chi connectivity index (χ1) is 9.12. The van der Waals surface area contributed by atoms with Crippen LogP contribution in [0.3, 0.4) is 0 Å². The van der Waals surface area contributed by atoms with Crippen molar-refractivity contribution in [2.75, 3.05) is 0 Å². The van der Waals surface area contributed by atoms with Crippen LogP contribution in [0.4, 0.5) is 0 Å². The molecule has 0 spiro atoms. The predicted octanol–water partition coefficient (Wildman–Crippen LogP) is 4.31. The van der Waals surface area contributed by atoms with Gasteiger partial charge < -0.3 is 0 Å². The van der Waals surface area contributed by atoms with Crippen molar-refractivity contribution in [3.8, 4) is 0 Å². The highest BCUT2D eigenvalue weighted by Crippen LogP contribution is 2.52. The number of carbonyl (C=O) groups is 2. The maximum absolute atomic E-state index is 11.5. The number of carbonyl (C=O) groups excluding carboxylic acids is 2. The van der Waals surface area contributed by atoms with E-state index < -0.39 is 0 Å². The third kappa shape index (κ3) is 2.93. The summed E-state index contributed by atoms with van der Waals surface area (Å²) in [5.41, 5.74) is 0.390. The summed E-state index contributed by atoms with van der Waals surface area (Å²) in [5.74, 6) is 2.32. The van der Waals surface area contributed by atoms with Crippen LogP contribution in [-0.4, -0.2) is 11.6 Å². The molecule has 0 aliphatic heterocycles. The Labute approximate surface area is 117 Å². The lowest BCUT2D eigenvalue weighted by Gasteiger charge is -2.48. The Bertz CT molecular complexity index is 291. The summed E-state index contributed by atoms with van der Waals surface area (Å²) < 4.78 is 0. The van der Waals surface area contributed by atoms with E-state index in [0.717, 1.165) is 51.4 Å². The standard InChI is InChI=1S/C17H28O2/c1-3-17(4-2,13-5-9-15(18)10-6-13)14-7-11-16(19)12-8-14/h13-14H,3-12H2,1-2H3. The fourth-order valence-corrected chi connectivity index (χ4v) is 4.77. The van der Waals surface area contributed by atoms with Crippen LogP contribution >= 0.6 is 0 Å². The largest absolute Gasteiger partial charge is 0.300 e. The molecule has 0 radical (unpaired) electrons. The average molecular weight is 264 g/mol. The molecular formula is C17H28O2. The molecule has 0 heterocycles. The Kier molecular flexibility index (Phi) is 4.81. The molecule has 2 nitrogen and oxygen atoms in total. The van der Waals surface area contributed by atoms with Crippen LogP contribution in [0, 0.1) is 17.3 Å². The number of hydrogen-bond donors (Lipinski definition) is 0. The number of rotatable bonds is 4. The lowest BCUT2D eigenvalue weighted by atomic mass is 9.56. The third-order valence-electron chi connectivity index (χ3n) is 6.03. The van der Waals surface area contributed by atoms with E-state index >= 15 is 0 Å². The fraction of sp³-hybridized carbons (Fsp3) is 0.882. The molecule has 0 amide bonds. The molecule has 2 aliphatic rings. The topological polar surface area (TPSA) is 34.1 Å². The highest BCUT2D eigenvalue weighted by atomic mass is 16.1. The lowest BCUT2D eigenvalue weighted by molar-refractivity contribution is -0.124. The molecule has 19 heavy (non-hydrogen) atoms. The van der Waals surface area contributed by atoms with Crippen molar-refractivity contribution in [1.29, 1.82) is 0 Å². The van der Waals surface area contributed by atoms with E-state index in [1.807, 2.05) is 0 Å². The molecule has 0 unspecified atom stereocenters. The van der Waals surface area contributed by atoms with Crippen LogP contribution in [0.5, 0.6) is 0 Å². The van der Waals surface area contributed by atoms with Gasteiger partial charge in [-0.1, -0.05) is 13.8 Å². The van der Waals surface area contributed by atoms with E-state index in [1.54, 1.807) is 0 Å². The van der Waals surface area contributed by atoms with E-state index in [4.69, 9.17) is 0 Å². The quantitative estimate of drug-likeness (QED) is 0.758. The zero-order chi connectivity index (χ0) is 13.9. The summed E-state index contributed by atoms with van der Waals surface area (Å²) in [5, 5.41) is 0. The van der Waals surface area contributed by atoms with Gasteiger partial charge in [-0.3, -0.25) is 9.59 Å². The summed E-state index contributed by atoms with van der Waals surface area (Å²) in [6.45, 7) is 4.63. The molecule has 0 aromatic heterocycles. The van der Waals surface area contributed by atoms with Crippen molar-refractivity contribution < 1.29 is 9.59 Å². The molecule has 0 saturated heterocycles. The van der Waals surface area contributed by atoms with Gasteiger partial charge >= 0.3 is 0 Å². The molecule has 0 aromatic rings. The van der Waals surface area contributed by atoms with Crippen LogP contribution in [0.15, 0.2) is 0 Å². The van der Waals surface area contributed by atoms with Gasteiger partial charge in [0.2, 0.25) is 0 Å². The fourth-order valence-electron chi connectivity index (χ4n) is 4.77. The van der Waals surface area contributed by atoms with Gasteiger partial charge in [0, 0.05) is 25.7 Å². The molecule has 2 rings (SSSR count). The van der Waals surface area contributed by atoms with Crippen LogP contribution < -0.4 is 0 Å². The summed E-state index contributed by atoms with van der Waals surface area (Å²) in [6, 6.07) is 0. The van der Waals surface area contributed by atoms with Crippen molar-refractivity contribution in [2.45, 2.75) is 78.1 Å². The number of hydrogen-bond acceptors (Lipinski definition) is 2. The Morgan fingerprint density at radius 3 is 1.37 bits per heavy atom. The number of Topliss-reactive ketones (excluding diaryl/α,β-unsaturated/α-hetero) is 2. The SMILES string of the molecule is CCC(CC)(C1CCC(=O)CC1)C1CCC(=O)CC1. The third-order valence-corrected chi connectivity index (χ3v) is 6.03. The second-order valence-electron chi connectivity index (χ2n) is 6.57. The van der Waals surface area contributed by atoms with Crippen LogP contribution in [0.2, 0.25) is 0 Å². The van der Waals surface area contributed by atoms with Gasteiger partial charge in [-0.2, -0.15) is 0 Å². The minimum Gasteiger partial charge on any atom is -0.300 e. The molecule has 0 N–H and O–H groups in total. The average Bonchev–Trinajstić information content (AvgIpc) is 2.44. The van der Waals surface area contributed by atoms with E-state index in [1.165, 1.54) is 12.8 Å². The maximum Gasteiger partial charge on any atom is 0.132 e. The van der Waals surface area contributed by atoms with Crippen molar-refractivity contribution in [3.05, 3.63) is 0 Å². The zero-order valence-corrected chi connectivity index (χ0v) is 12.5. The maximum atomic E-state index is 11.5. The zero-order valence-electron chi connectivity index (χ0n) is 12.5. The highest BCUT2D eigenvalue weighted by Gasteiger charge is 2.44. The summed E-state index contributed by atoms with van der Waals surface area (Å²) >= 11 is 0. The Hall–Kier alpha value is -0.660. The molecular weight excluding hydrogens is 236 g/mol. The van der Waals surface area contributed by atoms with Gasteiger partial charge in [-0.05, 0) is 55.8 Å². The van der Waals surface area contributed by atoms with E-state index in [9.17, 15) is 9.59 Å². The van der Waals surface area contributed by atoms with Crippen LogP contribution in [-0.2, 0) is 9.59 Å². The Morgan fingerprint density at radius 2 is 1.11 bits per heavy atom. The van der Waals surface area contributed by atoms with Crippen LogP contribution in [0.25, 0.3) is 0 Å². The number of ketones is 2. The molecule has 2 aliphatic carbocycles. The molecule has 2 fully saturated rings. The monoisotopic (exact) mass is 264 g/mol. The van der Waals surface area contributed by atoms with Gasteiger partial charge in [0.05, 0.1) is 0 Å². The lowest BCUT2D eigenvalue weighted by Crippen LogP contribution is -2.41. The molecule has 2 saturated carbocycles. The normalized spacial score (nSPS) is 23.9. The van der Waals surface area contributed by atoms with Gasteiger partial charge in [-0.25, -0.2) is 0 Å². The van der Waals surface area contributed by atoms with E-state index in [-0.39, 0.29) is 0 Å². The van der Waals surface area contributed by atoms with Gasteiger partial charge in [0.1, 0.15) is 11.6 Å².